The summed E-state index contributed by atoms with van der Waals surface area (Å²) in [5, 5.41) is 8.82. The molecule has 0 unspecified atom stereocenters. The normalized spacial score (nSPS) is 11.4. The maximum Gasteiger partial charge on any atom is 0.331 e. The highest BCUT2D eigenvalue weighted by Crippen LogP contribution is 2.09. The molecular weight excluding hydrogens is 176 g/mol. The summed E-state index contributed by atoms with van der Waals surface area (Å²) in [5.41, 5.74) is 2.66. The van der Waals surface area contributed by atoms with Crippen molar-refractivity contribution < 1.29 is 9.90 Å². The average molecular weight is 190 g/mol. The minimum Gasteiger partial charge on any atom is -0.478 e. The van der Waals surface area contributed by atoms with Gasteiger partial charge in [0.25, 0.3) is 0 Å². The molecule has 0 heterocycles. The molecule has 14 heavy (non-hydrogen) atoms. The molecule has 0 radical (unpaired) electrons. The number of hydrogen-bond donors (Lipinski definition) is 1. The van der Waals surface area contributed by atoms with Crippen molar-refractivity contribution in [1.29, 1.82) is 0 Å². The number of aryl methyl sites for hydroxylation is 1. The van der Waals surface area contributed by atoms with Crippen LogP contribution in [0.4, 0.5) is 0 Å². The van der Waals surface area contributed by atoms with E-state index in [0.29, 0.717) is 12.0 Å². The van der Waals surface area contributed by atoms with Crippen LogP contribution in [-0.2, 0) is 11.2 Å². The highest BCUT2D eigenvalue weighted by atomic mass is 16.4. The smallest absolute Gasteiger partial charge is 0.331 e. The Morgan fingerprint density at radius 2 is 1.93 bits per heavy atom. The van der Waals surface area contributed by atoms with Gasteiger partial charge in [0.1, 0.15) is 0 Å². The molecule has 1 aromatic carbocycles. The zero-order chi connectivity index (χ0) is 10.6. The van der Waals surface area contributed by atoms with Crippen LogP contribution < -0.4 is 0 Å². The third-order valence-electron chi connectivity index (χ3n) is 2.14. The lowest BCUT2D eigenvalue weighted by Crippen LogP contribution is -2.03. The van der Waals surface area contributed by atoms with Crippen LogP contribution in [0.1, 0.15) is 18.1 Å². The maximum atomic E-state index is 10.7. The van der Waals surface area contributed by atoms with Crippen LogP contribution >= 0.6 is 0 Å². The average Bonchev–Trinajstić information content (AvgIpc) is 2.16. The van der Waals surface area contributed by atoms with Gasteiger partial charge in [-0.2, -0.15) is 0 Å². The van der Waals surface area contributed by atoms with E-state index in [4.69, 9.17) is 5.11 Å². The van der Waals surface area contributed by atoms with Gasteiger partial charge in [0.15, 0.2) is 0 Å². The van der Waals surface area contributed by atoms with Gasteiger partial charge in [0.05, 0.1) is 0 Å². The number of carboxylic acids is 1. The van der Waals surface area contributed by atoms with E-state index in [9.17, 15) is 4.79 Å². The summed E-state index contributed by atoms with van der Waals surface area (Å²) >= 11 is 0. The molecule has 0 bridgehead atoms. The van der Waals surface area contributed by atoms with Crippen molar-refractivity contribution in [2.45, 2.75) is 20.3 Å². The molecule has 74 valence electrons. The van der Waals surface area contributed by atoms with Gasteiger partial charge in [0.2, 0.25) is 0 Å². The molecule has 2 heteroatoms. The molecule has 1 rings (SSSR count). The Bertz CT molecular complexity index is 347. The Balaban J connectivity index is 2.78. The molecule has 2 nitrogen and oxygen atoms in total. The van der Waals surface area contributed by atoms with Crippen molar-refractivity contribution >= 4 is 5.97 Å². The van der Waals surface area contributed by atoms with Crippen LogP contribution in [0.5, 0.6) is 0 Å². The van der Waals surface area contributed by atoms with Crippen molar-refractivity contribution in [3.8, 4) is 0 Å². The zero-order valence-corrected chi connectivity index (χ0v) is 8.45. The first-order valence-corrected chi connectivity index (χ1v) is 4.57. The molecule has 1 aromatic rings. The predicted molar refractivity (Wildman–Crippen MR) is 56.3 cm³/mol. The molecule has 0 amide bonds. The Morgan fingerprint density at radius 1 is 1.36 bits per heavy atom. The van der Waals surface area contributed by atoms with Crippen LogP contribution in [0.25, 0.3) is 0 Å². The van der Waals surface area contributed by atoms with Gasteiger partial charge in [-0.3, -0.25) is 0 Å². The number of hydrogen-bond acceptors (Lipinski definition) is 1. The van der Waals surface area contributed by atoms with E-state index >= 15 is 0 Å². The Kier molecular flexibility index (Phi) is 3.46. The predicted octanol–water partition coefficient (Wildman–Crippen LogP) is 2.57. The summed E-state index contributed by atoms with van der Waals surface area (Å²) in [6, 6.07) is 7.90. The van der Waals surface area contributed by atoms with Gasteiger partial charge in [-0.25, -0.2) is 4.79 Å². The lowest BCUT2D eigenvalue weighted by atomic mass is 10.0. The van der Waals surface area contributed by atoms with E-state index in [1.165, 1.54) is 5.56 Å². The molecule has 0 spiro atoms. The second kappa shape index (κ2) is 4.61. The Labute approximate surface area is 83.9 Å². The van der Waals surface area contributed by atoms with Crippen LogP contribution in [0.15, 0.2) is 35.9 Å². The molecule has 0 aliphatic rings. The topological polar surface area (TPSA) is 37.3 Å². The van der Waals surface area contributed by atoms with Gasteiger partial charge in [-0.05, 0) is 19.4 Å². The number of carboxylic acid groups (broad SMARTS) is 1. The van der Waals surface area contributed by atoms with E-state index in [1.807, 2.05) is 31.2 Å². The van der Waals surface area contributed by atoms with Crippen LogP contribution in [0, 0.1) is 6.92 Å². The third kappa shape index (κ3) is 2.73. The van der Waals surface area contributed by atoms with Crippen molar-refractivity contribution in [2.24, 2.45) is 0 Å². The van der Waals surface area contributed by atoms with Gasteiger partial charge in [-0.1, -0.05) is 35.9 Å². The summed E-state index contributed by atoms with van der Waals surface area (Å²) in [5.74, 6) is -0.840. The summed E-state index contributed by atoms with van der Waals surface area (Å²) in [6.07, 6.45) is 2.13. The number of allylic oxidation sites excluding steroid dienone is 1. The highest BCUT2D eigenvalue weighted by molar-refractivity contribution is 5.86. The van der Waals surface area contributed by atoms with E-state index in [-0.39, 0.29) is 0 Å². The first-order chi connectivity index (χ1) is 6.63. The minimum atomic E-state index is -0.840. The first-order valence-electron chi connectivity index (χ1n) is 4.57. The molecule has 0 aliphatic carbocycles. The number of carbonyl (C=O) groups is 1. The van der Waals surface area contributed by atoms with Gasteiger partial charge >= 0.3 is 5.97 Å². The Morgan fingerprint density at radius 3 is 2.36 bits per heavy atom. The van der Waals surface area contributed by atoms with Crippen LogP contribution in [-0.4, -0.2) is 11.1 Å². The quantitative estimate of drug-likeness (QED) is 0.744. The zero-order valence-electron chi connectivity index (χ0n) is 8.45. The fraction of sp³-hybridized carbons (Fsp3) is 0.250. The monoisotopic (exact) mass is 190 g/mol. The summed E-state index contributed by atoms with van der Waals surface area (Å²) in [4.78, 5) is 10.7. The number of benzene rings is 1. The molecule has 0 saturated carbocycles. The first kappa shape index (κ1) is 10.5. The molecule has 0 saturated heterocycles. The number of rotatable bonds is 3. The van der Waals surface area contributed by atoms with Crippen LogP contribution in [0.3, 0.4) is 0 Å². The van der Waals surface area contributed by atoms with Gasteiger partial charge < -0.3 is 5.11 Å². The second-order valence-electron chi connectivity index (χ2n) is 3.28. The summed E-state index contributed by atoms with van der Waals surface area (Å²) < 4.78 is 0. The van der Waals surface area contributed by atoms with Crippen LogP contribution in [0.2, 0.25) is 0 Å². The molecule has 1 N–H and O–H groups in total. The van der Waals surface area contributed by atoms with E-state index < -0.39 is 5.97 Å². The third-order valence-corrected chi connectivity index (χ3v) is 2.14. The van der Waals surface area contributed by atoms with Crippen molar-refractivity contribution in [3.63, 3.8) is 0 Å². The molecule has 0 aliphatic heterocycles. The van der Waals surface area contributed by atoms with Crippen molar-refractivity contribution in [2.75, 3.05) is 0 Å². The van der Waals surface area contributed by atoms with E-state index in [1.54, 1.807) is 13.0 Å². The molecule has 0 fully saturated rings. The van der Waals surface area contributed by atoms with Gasteiger partial charge in [0, 0.05) is 12.0 Å². The molecule has 0 atom stereocenters. The highest BCUT2D eigenvalue weighted by Gasteiger charge is 2.06. The maximum absolute atomic E-state index is 10.7. The standard InChI is InChI=1S/C12H14O2/c1-3-11(12(13)14)8-10-6-4-9(2)5-7-10/h3-7H,8H2,1-2H3,(H,13,14). The molecular formula is C12H14O2. The fourth-order valence-electron chi connectivity index (χ4n) is 1.23. The van der Waals surface area contributed by atoms with E-state index in [2.05, 4.69) is 0 Å². The largest absolute Gasteiger partial charge is 0.478 e. The molecule has 0 aromatic heterocycles. The van der Waals surface area contributed by atoms with Crippen molar-refractivity contribution in [3.05, 3.63) is 47.0 Å². The van der Waals surface area contributed by atoms with E-state index in [0.717, 1.165) is 5.56 Å². The SMILES string of the molecule is CC=C(Cc1ccc(C)cc1)C(=O)O. The summed E-state index contributed by atoms with van der Waals surface area (Å²) in [6.45, 7) is 3.76. The lowest BCUT2D eigenvalue weighted by Gasteiger charge is -2.02. The Hall–Kier alpha value is -1.57. The fourth-order valence-corrected chi connectivity index (χ4v) is 1.23. The summed E-state index contributed by atoms with van der Waals surface area (Å²) in [7, 11) is 0. The lowest BCUT2D eigenvalue weighted by molar-refractivity contribution is -0.132. The second-order valence-corrected chi connectivity index (χ2v) is 3.28. The van der Waals surface area contributed by atoms with Gasteiger partial charge in [-0.15, -0.1) is 0 Å². The number of aliphatic carboxylic acids is 1. The minimum absolute atomic E-state index is 0.439. The van der Waals surface area contributed by atoms with Crippen molar-refractivity contribution in [1.82, 2.24) is 0 Å².